The zero-order valence-corrected chi connectivity index (χ0v) is 11.0. The Balaban J connectivity index is 0.00000144. The van der Waals surface area contributed by atoms with E-state index in [1.54, 1.807) is 0 Å². The number of rotatable bonds is 2. The van der Waals surface area contributed by atoms with E-state index in [0.29, 0.717) is 0 Å². The molecule has 17 heavy (non-hydrogen) atoms. The van der Waals surface area contributed by atoms with Crippen LogP contribution in [0, 0.1) is 0 Å². The van der Waals surface area contributed by atoms with Crippen LogP contribution in [0.3, 0.4) is 0 Å². The van der Waals surface area contributed by atoms with Crippen molar-refractivity contribution in [3.05, 3.63) is 64.9 Å². The van der Waals surface area contributed by atoms with E-state index in [2.05, 4.69) is 22.8 Å². The Hall–Kier alpha value is -1.31. The first-order valence-electron chi connectivity index (χ1n) is 5.14. The van der Waals surface area contributed by atoms with Crippen molar-refractivity contribution in [3.8, 4) is 0 Å². The second kappa shape index (κ2) is 6.43. The van der Waals surface area contributed by atoms with E-state index in [9.17, 15) is 0 Å². The van der Waals surface area contributed by atoms with Crippen molar-refractivity contribution in [1.82, 2.24) is 0 Å². The molecule has 0 unspecified atom stereocenters. The van der Waals surface area contributed by atoms with Gasteiger partial charge >= 0.3 is 0 Å². The van der Waals surface area contributed by atoms with Gasteiger partial charge in [0.25, 0.3) is 0 Å². The van der Waals surface area contributed by atoms with Crippen LogP contribution in [0.4, 0.5) is 0 Å². The maximum atomic E-state index is 5.83. The molecular weight excluding hydrogens is 253 g/mol. The molecule has 3 heteroatoms. The van der Waals surface area contributed by atoms with E-state index >= 15 is 0 Å². The lowest BCUT2D eigenvalue weighted by Crippen LogP contribution is -3.00. The van der Waals surface area contributed by atoms with Crippen LogP contribution in [-0.2, 0) is 7.05 Å². The van der Waals surface area contributed by atoms with E-state index in [0.717, 1.165) is 16.3 Å². The summed E-state index contributed by atoms with van der Waals surface area (Å²) in [6.07, 6.45) is 6.19. The van der Waals surface area contributed by atoms with Gasteiger partial charge < -0.3 is 12.4 Å². The first-order chi connectivity index (χ1) is 7.75. The number of hydrogen-bond acceptors (Lipinski definition) is 0. The van der Waals surface area contributed by atoms with Crippen LogP contribution in [0.5, 0.6) is 0 Å². The van der Waals surface area contributed by atoms with Gasteiger partial charge in [-0.25, -0.2) is 4.57 Å². The lowest BCUT2D eigenvalue weighted by molar-refractivity contribution is -0.673. The summed E-state index contributed by atoms with van der Waals surface area (Å²) in [7, 11) is 2.03. The highest BCUT2D eigenvalue weighted by atomic mass is 35.5. The average molecular weight is 266 g/mol. The van der Waals surface area contributed by atoms with Gasteiger partial charge in [0.15, 0.2) is 6.20 Å². The molecule has 0 aliphatic heterocycles. The third-order valence-corrected chi connectivity index (χ3v) is 2.66. The molecule has 0 aliphatic carbocycles. The second-order valence-corrected chi connectivity index (χ2v) is 4.06. The van der Waals surface area contributed by atoms with Crippen LogP contribution in [0.2, 0.25) is 5.02 Å². The highest BCUT2D eigenvalue weighted by Crippen LogP contribution is 2.11. The molecule has 1 aromatic heterocycles. The summed E-state index contributed by atoms with van der Waals surface area (Å²) in [6.45, 7) is 0. The molecule has 2 rings (SSSR count). The van der Waals surface area contributed by atoms with Gasteiger partial charge in [0.2, 0.25) is 5.69 Å². The normalized spacial score (nSPS) is 10.2. The minimum Gasteiger partial charge on any atom is -1.00 e. The number of aryl methyl sites for hydroxylation is 1. The molecule has 88 valence electrons. The number of nitrogens with zero attached hydrogens (tertiary/aromatic N) is 1. The monoisotopic (exact) mass is 265 g/mol. The van der Waals surface area contributed by atoms with Crippen molar-refractivity contribution in [3.63, 3.8) is 0 Å². The summed E-state index contributed by atoms with van der Waals surface area (Å²) in [5, 5.41) is 0.766. The quantitative estimate of drug-likeness (QED) is 0.690. The highest BCUT2D eigenvalue weighted by molar-refractivity contribution is 6.30. The van der Waals surface area contributed by atoms with Crippen molar-refractivity contribution in [1.29, 1.82) is 0 Å². The van der Waals surface area contributed by atoms with E-state index in [4.69, 9.17) is 11.6 Å². The Bertz CT molecular complexity index is 504. The van der Waals surface area contributed by atoms with Gasteiger partial charge in [0.1, 0.15) is 7.05 Å². The average Bonchev–Trinajstić information content (AvgIpc) is 2.30. The van der Waals surface area contributed by atoms with Crippen LogP contribution in [0.15, 0.2) is 48.7 Å². The van der Waals surface area contributed by atoms with E-state index < -0.39 is 0 Å². The molecule has 2 aromatic rings. The molecule has 0 saturated heterocycles. The molecule has 1 aromatic carbocycles. The lowest BCUT2D eigenvalue weighted by Gasteiger charge is -1.94. The Kier molecular flexibility index (Phi) is 5.20. The number of hydrogen-bond donors (Lipinski definition) is 0. The minimum absolute atomic E-state index is 0. The lowest BCUT2D eigenvalue weighted by atomic mass is 10.2. The summed E-state index contributed by atoms with van der Waals surface area (Å²) in [5.41, 5.74) is 2.31. The van der Waals surface area contributed by atoms with Crippen molar-refractivity contribution in [2.45, 2.75) is 0 Å². The van der Waals surface area contributed by atoms with Crippen LogP contribution in [-0.4, -0.2) is 0 Å². The molecule has 0 atom stereocenters. The molecule has 0 saturated carbocycles. The first kappa shape index (κ1) is 13.8. The van der Waals surface area contributed by atoms with Crippen LogP contribution in [0.1, 0.15) is 11.3 Å². The van der Waals surface area contributed by atoms with Gasteiger partial charge in [-0.1, -0.05) is 23.7 Å². The predicted octanol–water partition coefficient (Wildman–Crippen LogP) is 0.339. The van der Waals surface area contributed by atoms with Crippen molar-refractivity contribution < 1.29 is 17.0 Å². The van der Waals surface area contributed by atoms with E-state index in [-0.39, 0.29) is 12.4 Å². The van der Waals surface area contributed by atoms with Crippen LogP contribution >= 0.6 is 11.6 Å². The molecule has 0 radical (unpaired) electrons. The molecule has 0 aliphatic rings. The summed E-state index contributed by atoms with van der Waals surface area (Å²) in [6, 6.07) is 13.9. The summed E-state index contributed by atoms with van der Waals surface area (Å²) < 4.78 is 2.08. The SMILES string of the molecule is C[n+]1ccccc1C=Cc1ccc(Cl)cc1.[Cl-]. The van der Waals surface area contributed by atoms with Gasteiger partial charge in [-0.3, -0.25) is 0 Å². The zero-order chi connectivity index (χ0) is 11.4. The molecule has 0 bridgehead atoms. The molecule has 0 fully saturated rings. The molecular formula is C14H13Cl2N. The van der Waals surface area contributed by atoms with Crippen LogP contribution in [0.25, 0.3) is 12.2 Å². The Morgan fingerprint density at radius 2 is 1.71 bits per heavy atom. The van der Waals surface area contributed by atoms with Gasteiger partial charge in [-0.15, -0.1) is 0 Å². The van der Waals surface area contributed by atoms with Crippen molar-refractivity contribution >= 4 is 23.8 Å². The standard InChI is InChI=1S/C14H13ClN.ClH/c1-16-11-3-2-4-14(16)10-7-12-5-8-13(15)9-6-12;/h2-11H,1H3;1H/q+1;/p-1. The number of pyridine rings is 1. The summed E-state index contributed by atoms with van der Waals surface area (Å²) >= 11 is 5.83. The fraction of sp³-hybridized carbons (Fsp3) is 0.0714. The Morgan fingerprint density at radius 1 is 1.00 bits per heavy atom. The molecule has 0 amide bonds. The third-order valence-electron chi connectivity index (χ3n) is 2.41. The third kappa shape index (κ3) is 3.88. The molecule has 0 spiro atoms. The first-order valence-corrected chi connectivity index (χ1v) is 5.52. The number of halogens is 2. The predicted molar refractivity (Wildman–Crippen MR) is 68.0 cm³/mol. The summed E-state index contributed by atoms with van der Waals surface area (Å²) in [5.74, 6) is 0. The van der Waals surface area contributed by atoms with Gasteiger partial charge in [0.05, 0.1) is 0 Å². The minimum atomic E-state index is 0. The molecule has 1 nitrogen and oxygen atoms in total. The highest BCUT2D eigenvalue weighted by Gasteiger charge is 1.98. The molecule has 0 N–H and O–H groups in total. The maximum absolute atomic E-state index is 5.83. The largest absolute Gasteiger partial charge is 1.00 e. The van der Waals surface area contributed by atoms with E-state index in [1.165, 1.54) is 0 Å². The smallest absolute Gasteiger partial charge is 0.204 e. The molecule has 1 heterocycles. The summed E-state index contributed by atoms with van der Waals surface area (Å²) in [4.78, 5) is 0. The van der Waals surface area contributed by atoms with Crippen molar-refractivity contribution in [2.24, 2.45) is 7.05 Å². The van der Waals surface area contributed by atoms with Crippen LogP contribution < -0.4 is 17.0 Å². The fourth-order valence-electron chi connectivity index (χ4n) is 1.47. The Morgan fingerprint density at radius 3 is 2.35 bits per heavy atom. The maximum Gasteiger partial charge on any atom is 0.204 e. The second-order valence-electron chi connectivity index (χ2n) is 3.62. The van der Waals surface area contributed by atoms with E-state index in [1.807, 2.05) is 49.6 Å². The fourth-order valence-corrected chi connectivity index (χ4v) is 1.59. The number of aromatic nitrogens is 1. The zero-order valence-electron chi connectivity index (χ0n) is 9.48. The van der Waals surface area contributed by atoms with Crippen molar-refractivity contribution in [2.75, 3.05) is 0 Å². The van der Waals surface area contributed by atoms with Gasteiger partial charge in [-0.05, 0) is 29.8 Å². The Labute approximate surface area is 113 Å². The number of benzene rings is 1. The topological polar surface area (TPSA) is 3.88 Å². The van der Waals surface area contributed by atoms with Gasteiger partial charge in [-0.2, -0.15) is 0 Å². The van der Waals surface area contributed by atoms with Gasteiger partial charge in [0, 0.05) is 23.2 Å².